The maximum absolute atomic E-state index is 13.1. The molecule has 2 heterocycles. The number of benzene rings is 1. The van der Waals surface area contributed by atoms with E-state index in [0.29, 0.717) is 25.8 Å². The van der Waals surface area contributed by atoms with Gasteiger partial charge in [-0.2, -0.15) is 0 Å². The van der Waals surface area contributed by atoms with Crippen molar-refractivity contribution >= 4 is 34.9 Å². The molecular formula is C24H29N3O5S. The molecule has 2 N–H and O–H groups in total. The lowest BCUT2D eigenvalue weighted by Gasteiger charge is -2.23. The Balaban J connectivity index is 1.64. The number of alkyl carbamates (subject to hydrolysis) is 1. The Kier molecular flexibility index (Phi) is 8.71. The number of nitrogens with zero attached hydrogens (tertiary/aromatic N) is 1. The average molecular weight is 472 g/mol. The molecule has 33 heavy (non-hydrogen) atoms. The summed E-state index contributed by atoms with van der Waals surface area (Å²) < 4.78 is 5.25. The van der Waals surface area contributed by atoms with Crippen molar-refractivity contribution in [3.8, 4) is 0 Å². The smallest absolute Gasteiger partial charge is 0.408 e. The number of thiazole rings is 1. The lowest BCUT2D eigenvalue weighted by atomic mass is 9.87. The summed E-state index contributed by atoms with van der Waals surface area (Å²) >= 11 is 1.52. The first-order chi connectivity index (χ1) is 15.8. The maximum atomic E-state index is 13.1. The highest BCUT2D eigenvalue weighted by atomic mass is 32.1. The highest BCUT2D eigenvalue weighted by molar-refractivity contribution is 7.09. The minimum absolute atomic E-state index is 0.0874. The highest BCUT2D eigenvalue weighted by Crippen LogP contribution is 2.23. The van der Waals surface area contributed by atoms with Crippen LogP contribution in [0.4, 0.5) is 4.79 Å². The van der Waals surface area contributed by atoms with Gasteiger partial charge in [0.1, 0.15) is 6.61 Å². The zero-order chi connectivity index (χ0) is 23.8. The number of fused-ring (bicyclic) bond motifs is 1. The monoisotopic (exact) mass is 471 g/mol. The van der Waals surface area contributed by atoms with Gasteiger partial charge >= 0.3 is 6.09 Å². The molecule has 1 aromatic carbocycles. The lowest BCUT2D eigenvalue weighted by Crippen LogP contribution is -2.46. The van der Waals surface area contributed by atoms with Crippen LogP contribution in [0.15, 0.2) is 35.8 Å². The molecule has 176 valence electrons. The summed E-state index contributed by atoms with van der Waals surface area (Å²) in [7, 11) is 0. The minimum atomic E-state index is -0.821. The van der Waals surface area contributed by atoms with Crippen molar-refractivity contribution in [3.63, 3.8) is 0 Å². The van der Waals surface area contributed by atoms with Gasteiger partial charge < -0.3 is 15.4 Å². The molecule has 9 heteroatoms. The number of ether oxygens (including phenoxy) is 1. The van der Waals surface area contributed by atoms with E-state index >= 15 is 0 Å². The molecule has 3 rings (SSSR count). The molecule has 0 bridgehead atoms. The van der Waals surface area contributed by atoms with E-state index in [4.69, 9.17) is 4.74 Å². The van der Waals surface area contributed by atoms with Crippen LogP contribution in [0.5, 0.6) is 0 Å². The van der Waals surface area contributed by atoms with Crippen LogP contribution in [0.2, 0.25) is 0 Å². The molecular weight excluding hydrogens is 442 g/mol. The van der Waals surface area contributed by atoms with E-state index in [1.807, 2.05) is 44.2 Å². The molecule has 2 aromatic rings. The zero-order valence-corrected chi connectivity index (χ0v) is 19.7. The number of rotatable bonds is 7. The van der Waals surface area contributed by atoms with Gasteiger partial charge in [0.15, 0.2) is 5.78 Å². The topological polar surface area (TPSA) is 114 Å². The van der Waals surface area contributed by atoms with Gasteiger partial charge in [-0.1, -0.05) is 44.2 Å². The van der Waals surface area contributed by atoms with Gasteiger partial charge in [0, 0.05) is 30.2 Å². The summed E-state index contributed by atoms with van der Waals surface area (Å²) in [6.45, 7) is 4.03. The lowest BCUT2D eigenvalue weighted by molar-refractivity contribution is -0.141. The number of aryl methyl sites for hydroxylation is 1. The van der Waals surface area contributed by atoms with Gasteiger partial charge in [-0.3, -0.25) is 14.4 Å². The number of nitrogens with one attached hydrogen (secondary N) is 2. The molecule has 2 atom stereocenters. The first kappa shape index (κ1) is 24.6. The first-order valence-electron chi connectivity index (χ1n) is 11.1. The standard InChI is InChI=1S/C24H29N3O5S/c1-15(2)21(27-24(31)32-13-16-6-4-3-5-7-16)19(28)12-17-8-9-20-18(26-14-33-20)10-11-25-23(30)22(17)29/h3-7,14-15,17,21H,8-13H2,1-2H3,(H,25,30)(H,27,31). The summed E-state index contributed by atoms with van der Waals surface area (Å²) in [5, 5.41) is 5.26. The number of hydrogen-bond acceptors (Lipinski definition) is 7. The van der Waals surface area contributed by atoms with Crippen molar-refractivity contribution < 1.29 is 23.9 Å². The minimum Gasteiger partial charge on any atom is -0.445 e. The largest absolute Gasteiger partial charge is 0.445 e. The Morgan fingerprint density at radius 2 is 1.97 bits per heavy atom. The number of hydrogen-bond donors (Lipinski definition) is 2. The molecule has 1 aliphatic heterocycles. The second-order valence-electron chi connectivity index (χ2n) is 8.43. The van der Waals surface area contributed by atoms with E-state index in [1.165, 1.54) is 11.3 Å². The fourth-order valence-corrected chi connectivity index (χ4v) is 4.61. The van der Waals surface area contributed by atoms with Crippen LogP contribution in [0, 0.1) is 11.8 Å². The number of Topliss-reactive ketones (excluding diaryl/α,β-unsaturated/α-hetero) is 2. The number of carbonyl (C=O) groups excluding carboxylic acids is 4. The van der Waals surface area contributed by atoms with Gasteiger partial charge in [-0.15, -0.1) is 11.3 Å². The summed E-state index contributed by atoms with van der Waals surface area (Å²) in [5.74, 6) is -2.53. The Morgan fingerprint density at radius 3 is 2.70 bits per heavy atom. The maximum Gasteiger partial charge on any atom is 0.408 e. The van der Waals surface area contributed by atoms with E-state index in [-0.39, 0.29) is 24.7 Å². The SMILES string of the molecule is CC(C)C(NC(=O)OCc1ccccc1)C(=O)CC1CCc2scnc2CCNC(=O)C1=O. The molecule has 2 amide bonds. The number of ketones is 2. The molecule has 1 aliphatic rings. The average Bonchev–Trinajstić information content (AvgIpc) is 3.25. The normalized spacial score (nSPS) is 17.6. The van der Waals surface area contributed by atoms with Crippen LogP contribution in [0.25, 0.3) is 0 Å². The second kappa shape index (κ2) is 11.7. The van der Waals surface area contributed by atoms with E-state index in [1.54, 1.807) is 5.51 Å². The van der Waals surface area contributed by atoms with Crippen LogP contribution in [0.3, 0.4) is 0 Å². The van der Waals surface area contributed by atoms with Crippen LogP contribution < -0.4 is 10.6 Å². The summed E-state index contributed by atoms with van der Waals surface area (Å²) in [6, 6.07) is 8.41. The Hall–Kier alpha value is -3.07. The van der Waals surface area contributed by atoms with Crippen LogP contribution in [-0.2, 0) is 38.6 Å². The van der Waals surface area contributed by atoms with Gasteiger partial charge in [-0.05, 0) is 24.3 Å². The summed E-state index contributed by atoms with van der Waals surface area (Å²) in [4.78, 5) is 55.8. The molecule has 2 unspecified atom stereocenters. The van der Waals surface area contributed by atoms with Crippen molar-refractivity contribution in [2.75, 3.05) is 6.54 Å². The fourth-order valence-electron chi connectivity index (χ4n) is 3.78. The molecule has 1 aromatic heterocycles. The molecule has 0 fully saturated rings. The second-order valence-corrected chi connectivity index (χ2v) is 9.37. The number of amides is 2. The van der Waals surface area contributed by atoms with Gasteiger partial charge in [0.05, 0.1) is 17.2 Å². The third-order valence-electron chi connectivity index (χ3n) is 5.63. The van der Waals surface area contributed by atoms with Gasteiger partial charge in [0.25, 0.3) is 5.91 Å². The third kappa shape index (κ3) is 6.95. The zero-order valence-electron chi connectivity index (χ0n) is 18.8. The highest BCUT2D eigenvalue weighted by Gasteiger charge is 2.33. The van der Waals surface area contributed by atoms with Crippen molar-refractivity contribution in [2.45, 2.75) is 52.2 Å². The number of aromatic nitrogens is 1. The van der Waals surface area contributed by atoms with Crippen molar-refractivity contribution in [2.24, 2.45) is 11.8 Å². The molecule has 0 saturated carbocycles. The summed E-state index contributed by atoms with van der Waals surface area (Å²) in [5.41, 5.74) is 3.51. The predicted octanol–water partition coefficient (Wildman–Crippen LogP) is 2.84. The molecule has 0 radical (unpaired) electrons. The quantitative estimate of drug-likeness (QED) is 0.600. The van der Waals surface area contributed by atoms with E-state index < -0.39 is 29.7 Å². The first-order valence-corrected chi connectivity index (χ1v) is 12.0. The van der Waals surface area contributed by atoms with E-state index in [9.17, 15) is 19.2 Å². The fraction of sp³-hybridized carbons (Fsp3) is 0.458. The molecule has 8 nitrogen and oxygen atoms in total. The molecule has 0 aliphatic carbocycles. The van der Waals surface area contributed by atoms with Crippen LogP contribution >= 0.6 is 11.3 Å². The molecule has 0 saturated heterocycles. The van der Waals surface area contributed by atoms with Gasteiger partial charge in [0.2, 0.25) is 5.78 Å². The molecule has 0 spiro atoms. The number of carbonyl (C=O) groups is 4. The Bertz CT molecular complexity index is 989. The summed E-state index contributed by atoms with van der Waals surface area (Å²) in [6.07, 6.45) is 0.704. The third-order valence-corrected chi connectivity index (χ3v) is 6.57. The Morgan fingerprint density at radius 1 is 1.21 bits per heavy atom. The van der Waals surface area contributed by atoms with Gasteiger partial charge in [-0.25, -0.2) is 9.78 Å². The van der Waals surface area contributed by atoms with Crippen LogP contribution in [0.1, 0.15) is 42.8 Å². The predicted molar refractivity (Wildman–Crippen MR) is 124 cm³/mol. The van der Waals surface area contributed by atoms with Crippen molar-refractivity contribution in [1.29, 1.82) is 0 Å². The van der Waals surface area contributed by atoms with E-state index in [2.05, 4.69) is 15.6 Å². The Labute approximate surface area is 197 Å². The van der Waals surface area contributed by atoms with Crippen molar-refractivity contribution in [1.82, 2.24) is 15.6 Å². The van der Waals surface area contributed by atoms with Crippen molar-refractivity contribution in [3.05, 3.63) is 52.0 Å². The van der Waals surface area contributed by atoms with E-state index in [0.717, 1.165) is 16.1 Å². The van der Waals surface area contributed by atoms with Crippen LogP contribution in [-0.4, -0.2) is 41.1 Å².